The lowest BCUT2D eigenvalue weighted by molar-refractivity contribution is -0.141. The van der Waals surface area contributed by atoms with E-state index in [1.807, 2.05) is 25.3 Å². The SMILES string of the molecule is CCC(N)C(c1sccc1C)n1ccc(C(F)(F)F)n1. The van der Waals surface area contributed by atoms with Gasteiger partial charge in [0.2, 0.25) is 0 Å². The second-order valence-electron chi connectivity index (χ2n) is 4.66. The van der Waals surface area contributed by atoms with Crippen molar-refractivity contribution in [3.63, 3.8) is 0 Å². The van der Waals surface area contributed by atoms with Crippen LogP contribution in [0.3, 0.4) is 0 Å². The number of rotatable bonds is 4. The molecule has 2 N–H and O–H groups in total. The summed E-state index contributed by atoms with van der Waals surface area (Å²) in [7, 11) is 0. The highest BCUT2D eigenvalue weighted by Gasteiger charge is 2.35. The van der Waals surface area contributed by atoms with E-state index < -0.39 is 11.9 Å². The smallest absolute Gasteiger partial charge is 0.326 e. The molecule has 2 rings (SSSR count). The number of hydrogen-bond donors (Lipinski definition) is 1. The molecular formula is C13H16F3N3S. The summed E-state index contributed by atoms with van der Waals surface area (Å²) in [6.45, 7) is 3.84. The number of thiophene rings is 1. The van der Waals surface area contributed by atoms with E-state index in [9.17, 15) is 13.2 Å². The average molecular weight is 303 g/mol. The highest BCUT2D eigenvalue weighted by molar-refractivity contribution is 7.10. The van der Waals surface area contributed by atoms with Crippen molar-refractivity contribution in [1.29, 1.82) is 0 Å². The largest absolute Gasteiger partial charge is 0.435 e. The maximum absolute atomic E-state index is 12.7. The number of alkyl halides is 3. The molecule has 7 heteroatoms. The van der Waals surface area contributed by atoms with Crippen LogP contribution in [0.5, 0.6) is 0 Å². The highest BCUT2D eigenvalue weighted by atomic mass is 32.1. The maximum Gasteiger partial charge on any atom is 0.435 e. The first-order valence-corrected chi connectivity index (χ1v) is 7.14. The van der Waals surface area contributed by atoms with Gasteiger partial charge in [-0.3, -0.25) is 4.68 Å². The fourth-order valence-electron chi connectivity index (χ4n) is 2.07. The molecule has 2 atom stereocenters. The number of hydrogen-bond acceptors (Lipinski definition) is 3. The molecule has 3 nitrogen and oxygen atoms in total. The molecule has 0 fully saturated rings. The average Bonchev–Trinajstić information content (AvgIpc) is 2.99. The number of aryl methyl sites for hydroxylation is 1. The van der Waals surface area contributed by atoms with Crippen molar-refractivity contribution < 1.29 is 13.2 Å². The standard InChI is InChI=1S/C13H16F3N3S/c1-3-9(17)11(12-8(2)5-7-20-12)19-6-4-10(18-19)13(14,15)16/h4-7,9,11H,3,17H2,1-2H3. The van der Waals surface area contributed by atoms with E-state index in [4.69, 9.17) is 5.73 Å². The van der Waals surface area contributed by atoms with E-state index >= 15 is 0 Å². The third kappa shape index (κ3) is 2.88. The molecule has 0 aliphatic heterocycles. The molecule has 0 aliphatic carbocycles. The number of halogens is 3. The molecule has 2 heterocycles. The van der Waals surface area contributed by atoms with Crippen LogP contribution in [0.2, 0.25) is 0 Å². The fraction of sp³-hybridized carbons (Fsp3) is 0.462. The van der Waals surface area contributed by atoms with Crippen LogP contribution >= 0.6 is 11.3 Å². The number of nitrogens with zero attached hydrogens (tertiary/aromatic N) is 2. The predicted molar refractivity (Wildman–Crippen MR) is 72.7 cm³/mol. The lowest BCUT2D eigenvalue weighted by atomic mass is 10.0. The summed E-state index contributed by atoms with van der Waals surface area (Å²) in [6, 6.07) is 2.27. The normalized spacial score (nSPS) is 15.3. The van der Waals surface area contributed by atoms with Gasteiger partial charge < -0.3 is 5.73 Å². The molecule has 2 aromatic rings. The Balaban J connectivity index is 2.43. The Morgan fingerprint density at radius 2 is 2.10 bits per heavy atom. The quantitative estimate of drug-likeness (QED) is 0.938. The molecule has 2 unspecified atom stereocenters. The Morgan fingerprint density at radius 3 is 2.55 bits per heavy atom. The van der Waals surface area contributed by atoms with E-state index in [1.165, 1.54) is 22.2 Å². The van der Waals surface area contributed by atoms with Crippen LogP contribution in [0.25, 0.3) is 0 Å². The van der Waals surface area contributed by atoms with E-state index in [-0.39, 0.29) is 12.1 Å². The van der Waals surface area contributed by atoms with Gasteiger partial charge in [-0.15, -0.1) is 11.3 Å². The first kappa shape index (κ1) is 15.1. The Kier molecular flexibility index (Phi) is 4.19. The van der Waals surface area contributed by atoms with Crippen molar-refractivity contribution in [1.82, 2.24) is 9.78 Å². The van der Waals surface area contributed by atoms with Gasteiger partial charge in [-0.25, -0.2) is 0 Å². The van der Waals surface area contributed by atoms with E-state index in [2.05, 4.69) is 5.10 Å². The van der Waals surface area contributed by atoms with Crippen LogP contribution in [0, 0.1) is 6.92 Å². The van der Waals surface area contributed by atoms with Crippen LogP contribution in [-0.2, 0) is 6.18 Å². The minimum absolute atomic E-state index is 0.284. The molecule has 0 saturated carbocycles. The van der Waals surface area contributed by atoms with Gasteiger partial charge in [0, 0.05) is 17.1 Å². The monoisotopic (exact) mass is 303 g/mol. The number of aromatic nitrogens is 2. The van der Waals surface area contributed by atoms with Gasteiger partial charge in [-0.2, -0.15) is 18.3 Å². The van der Waals surface area contributed by atoms with E-state index in [0.717, 1.165) is 16.5 Å². The molecule has 20 heavy (non-hydrogen) atoms. The summed E-state index contributed by atoms with van der Waals surface area (Å²) in [5.74, 6) is 0. The maximum atomic E-state index is 12.7. The molecule has 0 amide bonds. The van der Waals surface area contributed by atoms with E-state index in [1.54, 1.807) is 0 Å². The summed E-state index contributed by atoms with van der Waals surface area (Å²) in [4.78, 5) is 0.955. The lowest BCUT2D eigenvalue weighted by Gasteiger charge is -2.23. The zero-order chi connectivity index (χ0) is 14.9. The first-order valence-electron chi connectivity index (χ1n) is 6.26. The van der Waals surface area contributed by atoms with E-state index in [0.29, 0.717) is 6.42 Å². The number of nitrogens with two attached hydrogens (primary N) is 1. The Morgan fingerprint density at radius 1 is 1.40 bits per heavy atom. The second-order valence-corrected chi connectivity index (χ2v) is 5.61. The molecule has 0 radical (unpaired) electrons. The molecule has 0 aromatic carbocycles. The zero-order valence-electron chi connectivity index (χ0n) is 11.2. The van der Waals surface area contributed by atoms with Crippen molar-refractivity contribution in [2.24, 2.45) is 5.73 Å². The minimum atomic E-state index is -4.43. The molecule has 0 saturated heterocycles. The minimum Gasteiger partial charge on any atom is -0.326 e. The van der Waals surface area contributed by atoms with Crippen molar-refractivity contribution >= 4 is 11.3 Å². The van der Waals surface area contributed by atoms with Crippen LogP contribution in [0.4, 0.5) is 13.2 Å². The summed E-state index contributed by atoms with van der Waals surface area (Å²) < 4.78 is 39.3. The zero-order valence-corrected chi connectivity index (χ0v) is 12.0. The molecule has 2 aromatic heterocycles. The van der Waals surface area contributed by atoms with Crippen LogP contribution in [-0.4, -0.2) is 15.8 Å². The van der Waals surface area contributed by atoms with Gasteiger partial charge in [0.1, 0.15) is 6.04 Å². The topological polar surface area (TPSA) is 43.8 Å². The summed E-state index contributed by atoms with van der Waals surface area (Å²) in [5.41, 5.74) is 6.22. The van der Waals surface area contributed by atoms with Crippen LogP contribution in [0.15, 0.2) is 23.7 Å². The Labute approximate surface area is 119 Å². The second kappa shape index (κ2) is 5.57. The predicted octanol–water partition coefficient (Wildman–Crippen LogP) is 3.60. The van der Waals surface area contributed by atoms with Crippen molar-refractivity contribution in [3.8, 4) is 0 Å². The van der Waals surface area contributed by atoms with Crippen molar-refractivity contribution in [2.45, 2.75) is 38.5 Å². The van der Waals surface area contributed by atoms with Gasteiger partial charge in [0.05, 0.1) is 0 Å². The molecule has 110 valence electrons. The van der Waals surface area contributed by atoms with Crippen molar-refractivity contribution in [2.75, 3.05) is 0 Å². The van der Waals surface area contributed by atoms with Crippen LogP contribution in [0.1, 0.15) is 35.5 Å². The Hall–Kier alpha value is -1.34. The lowest BCUT2D eigenvalue weighted by Crippen LogP contribution is -2.33. The highest BCUT2D eigenvalue weighted by Crippen LogP contribution is 2.32. The molecular weight excluding hydrogens is 287 g/mol. The van der Waals surface area contributed by atoms with Gasteiger partial charge in [0.25, 0.3) is 0 Å². The fourth-order valence-corrected chi connectivity index (χ4v) is 3.16. The summed E-state index contributed by atoms with van der Waals surface area (Å²) >= 11 is 1.49. The molecule has 0 bridgehead atoms. The third-order valence-corrected chi connectivity index (χ3v) is 4.32. The van der Waals surface area contributed by atoms with Crippen LogP contribution < -0.4 is 5.73 Å². The molecule has 0 aliphatic rings. The van der Waals surface area contributed by atoms with Crippen molar-refractivity contribution in [3.05, 3.63) is 39.8 Å². The van der Waals surface area contributed by atoms with Gasteiger partial charge in [-0.1, -0.05) is 6.92 Å². The molecule has 0 spiro atoms. The third-order valence-electron chi connectivity index (χ3n) is 3.23. The van der Waals surface area contributed by atoms with Gasteiger partial charge in [-0.05, 0) is 36.4 Å². The first-order chi connectivity index (χ1) is 9.34. The Bertz CT molecular complexity index is 573. The summed E-state index contributed by atoms with van der Waals surface area (Å²) in [5, 5.41) is 5.58. The van der Waals surface area contributed by atoms with Gasteiger partial charge >= 0.3 is 6.18 Å². The van der Waals surface area contributed by atoms with Gasteiger partial charge in [0.15, 0.2) is 5.69 Å². The summed E-state index contributed by atoms with van der Waals surface area (Å²) in [6.07, 6.45) is -2.43.